The van der Waals surface area contributed by atoms with E-state index < -0.39 is 0 Å². The molecule has 1 atom stereocenters. The SMILES string of the molecule is O=C(Cc1cnn(-c2ccccc2)c1)NC(c1ccccc1)c1ccc(Cl)cc1. The molecule has 3 aromatic carbocycles. The van der Waals surface area contributed by atoms with Gasteiger partial charge in [-0.05, 0) is 41.0 Å². The number of halogens is 1. The van der Waals surface area contributed by atoms with Crippen LogP contribution in [0.1, 0.15) is 22.7 Å². The van der Waals surface area contributed by atoms with Crippen LogP contribution in [0, 0.1) is 0 Å². The van der Waals surface area contributed by atoms with Crippen molar-refractivity contribution in [1.29, 1.82) is 0 Å². The first kappa shape index (κ1) is 19.0. The molecule has 0 spiro atoms. The molecule has 144 valence electrons. The summed E-state index contributed by atoms with van der Waals surface area (Å²) in [6, 6.07) is 27.0. The zero-order valence-electron chi connectivity index (χ0n) is 15.7. The van der Waals surface area contributed by atoms with E-state index in [-0.39, 0.29) is 18.4 Å². The summed E-state index contributed by atoms with van der Waals surface area (Å²) in [6.45, 7) is 0. The molecule has 0 fully saturated rings. The molecule has 0 aliphatic carbocycles. The minimum absolute atomic E-state index is 0.0681. The maximum absolute atomic E-state index is 12.8. The van der Waals surface area contributed by atoms with E-state index in [2.05, 4.69) is 10.4 Å². The molecule has 0 radical (unpaired) electrons. The third-order valence-corrected chi connectivity index (χ3v) is 4.92. The highest BCUT2D eigenvalue weighted by atomic mass is 35.5. The quantitative estimate of drug-likeness (QED) is 0.495. The lowest BCUT2D eigenvalue weighted by molar-refractivity contribution is -0.120. The largest absolute Gasteiger partial charge is 0.345 e. The Bertz CT molecular complexity index is 1080. The number of para-hydroxylation sites is 1. The average Bonchev–Trinajstić information content (AvgIpc) is 3.22. The van der Waals surface area contributed by atoms with Crippen LogP contribution in [0.25, 0.3) is 5.69 Å². The second kappa shape index (κ2) is 8.76. The highest BCUT2D eigenvalue weighted by molar-refractivity contribution is 6.30. The van der Waals surface area contributed by atoms with Gasteiger partial charge in [-0.1, -0.05) is 72.3 Å². The fourth-order valence-corrected chi connectivity index (χ4v) is 3.36. The molecule has 1 aromatic heterocycles. The van der Waals surface area contributed by atoms with Crippen molar-refractivity contribution in [2.75, 3.05) is 0 Å². The van der Waals surface area contributed by atoms with Crippen LogP contribution in [0.2, 0.25) is 5.02 Å². The molecule has 0 saturated carbocycles. The Morgan fingerprint density at radius 1 is 0.897 bits per heavy atom. The Morgan fingerprint density at radius 2 is 1.52 bits per heavy atom. The summed E-state index contributed by atoms with van der Waals surface area (Å²) in [7, 11) is 0. The van der Waals surface area contributed by atoms with Crippen molar-refractivity contribution in [1.82, 2.24) is 15.1 Å². The number of aromatic nitrogens is 2. The molecule has 1 amide bonds. The van der Waals surface area contributed by atoms with Crippen LogP contribution in [0.15, 0.2) is 97.3 Å². The van der Waals surface area contributed by atoms with E-state index in [1.54, 1.807) is 10.9 Å². The van der Waals surface area contributed by atoms with E-state index in [0.29, 0.717) is 5.02 Å². The molecular formula is C24H20ClN3O. The summed E-state index contributed by atoms with van der Waals surface area (Å²) in [6.07, 6.45) is 3.87. The van der Waals surface area contributed by atoms with Gasteiger partial charge in [-0.15, -0.1) is 0 Å². The van der Waals surface area contributed by atoms with Crippen molar-refractivity contribution in [3.63, 3.8) is 0 Å². The highest BCUT2D eigenvalue weighted by Gasteiger charge is 2.17. The maximum Gasteiger partial charge on any atom is 0.225 e. The van der Waals surface area contributed by atoms with Crippen molar-refractivity contribution in [3.05, 3.63) is 119 Å². The van der Waals surface area contributed by atoms with Gasteiger partial charge in [0, 0.05) is 11.2 Å². The van der Waals surface area contributed by atoms with Crippen molar-refractivity contribution in [2.24, 2.45) is 0 Å². The van der Waals surface area contributed by atoms with E-state index in [1.807, 2.05) is 91.1 Å². The number of hydrogen-bond donors (Lipinski definition) is 1. The van der Waals surface area contributed by atoms with E-state index in [4.69, 9.17) is 11.6 Å². The Hall–Kier alpha value is -3.37. The standard InChI is InChI=1S/C24H20ClN3O/c25-21-13-11-20(12-14-21)24(19-7-3-1-4-8-19)27-23(29)15-18-16-26-28(17-18)22-9-5-2-6-10-22/h1-14,16-17,24H,15H2,(H,27,29). The number of rotatable bonds is 6. The summed E-state index contributed by atoms with van der Waals surface area (Å²) in [4.78, 5) is 12.8. The van der Waals surface area contributed by atoms with Gasteiger partial charge in [-0.2, -0.15) is 5.10 Å². The van der Waals surface area contributed by atoms with Crippen LogP contribution in [0.3, 0.4) is 0 Å². The summed E-state index contributed by atoms with van der Waals surface area (Å²) in [5.74, 6) is -0.0681. The van der Waals surface area contributed by atoms with E-state index in [1.165, 1.54) is 0 Å². The molecule has 4 nitrogen and oxygen atoms in total. The number of hydrogen-bond acceptors (Lipinski definition) is 2. The van der Waals surface area contributed by atoms with Crippen LogP contribution in [-0.4, -0.2) is 15.7 Å². The van der Waals surface area contributed by atoms with Crippen LogP contribution < -0.4 is 5.32 Å². The van der Waals surface area contributed by atoms with Gasteiger partial charge in [0.1, 0.15) is 0 Å². The van der Waals surface area contributed by atoms with Crippen LogP contribution in [-0.2, 0) is 11.2 Å². The summed E-state index contributed by atoms with van der Waals surface area (Å²) in [5, 5.41) is 8.18. The first-order valence-corrected chi connectivity index (χ1v) is 9.75. The molecule has 4 rings (SSSR count). The third-order valence-electron chi connectivity index (χ3n) is 4.66. The monoisotopic (exact) mass is 401 g/mol. The van der Waals surface area contributed by atoms with Crippen molar-refractivity contribution < 1.29 is 4.79 Å². The number of nitrogens with one attached hydrogen (secondary N) is 1. The lowest BCUT2D eigenvalue weighted by Crippen LogP contribution is -2.30. The number of carbonyl (C=O) groups is 1. The topological polar surface area (TPSA) is 46.9 Å². The summed E-state index contributed by atoms with van der Waals surface area (Å²) < 4.78 is 1.77. The van der Waals surface area contributed by atoms with Gasteiger partial charge in [0.05, 0.1) is 24.3 Å². The molecule has 5 heteroatoms. The second-order valence-electron chi connectivity index (χ2n) is 6.77. The number of benzene rings is 3. The van der Waals surface area contributed by atoms with E-state index >= 15 is 0 Å². The number of carbonyl (C=O) groups excluding carboxylic acids is 1. The average molecular weight is 402 g/mol. The minimum atomic E-state index is -0.245. The van der Waals surface area contributed by atoms with Crippen molar-refractivity contribution in [2.45, 2.75) is 12.5 Å². The molecule has 4 aromatic rings. The van der Waals surface area contributed by atoms with E-state index in [9.17, 15) is 4.79 Å². The molecule has 0 aliphatic rings. The second-order valence-corrected chi connectivity index (χ2v) is 7.20. The molecule has 0 saturated heterocycles. The molecular weight excluding hydrogens is 382 g/mol. The zero-order chi connectivity index (χ0) is 20.1. The number of nitrogens with zero attached hydrogens (tertiary/aromatic N) is 2. The Kier molecular flexibility index (Phi) is 5.73. The van der Waals surface area contributed by atoms with Gasteiger partial charge in [0.2, 0.25) is 5.91 Å². The molecule has 0 bridgehead atoms. The highest BCUT2D eigenvalue weighted by Crippen LogP contribution is 2.23. The first-order valence-electron chi connectivity index (χ1n) is 9.38. The van der Waals surface area contributed by atoms with Gasteiger partial charge in [0.15, 0.2) is 0 Å². The lowest BCUT2D eigenvalue weighted by Gasteiger charge is -2.20. The summed E-state index contributed by atoms with van der Waals surface area (Å²) >= 11 is 6.03. The predicted octanol–water partition coefficient (Wildman–Crippen LogP) is 4.97. The molecule has 29 heavy (non-hydrogen) atoms. The fraction of sp³-hybridized carbons (Fsp3) is 0.0833. The van der Waals surface area contributed by atoms with Crippen LogP contribution >= 0.6 is 11.6 Å². The zero-order valence-corrected chi connectivity index (χ0v) is 16.5. The smallest absolute Gasteiger partial charge is 0.225 e. The third kappa shape index (κ3) is 4.73. The molecule has 0 aliphatic heterocycles. The van der Waals surface area contributed by atoms with Crippen molar-refractivity contribution in [3.8, 4) is 5.69 Å². The molecule has 1 unspecified atom stereocenters. The van der Waals surface area contributed by atoms with Crippen molar-refractivity contribution >= 4 is 17.5 Å². The Balaban J connectivity index is 1.51. The maximum atomic E-state index is 12.8. The normalized spacial score (nSPS) is 11.8. The van der Waals surface area contributed by atoms with Crippen LogP contribution in [0.5, 0.6) is 0 Å². The van der Waals surface area contributed by atoms with Gasteiger partial charge < -0.3 is 5.32 Å². The van der Waals surface area contributed by atoms with Gasteiger partial charge in [0.25, 0.3) is 0 Å². The lowest BCUT2D eigenvalue weighted by atomic mass is 9.98. The number of amides is 1. The Labute approximate surface area is 174 Å². The molecule has 1 heterocycles. The van der Waals surface area contributed by atoms with Crippen LogP contribution in [0.4, 0.5) is 0 Å². The van der Waals surface area contributed by atoms with Gasteiger partial charge in [-0.3, -0.25) is 4.79 Å². The predicted molar refractivity (Wildman–Crippen MR) is 115 cm³/mol. The summed E-state index contributed by atoms with van der Waals surface area (Å²) in [5.41, 5.74) is 3.81. The minimum Gasteiger partial charge on any atom is -0.345 e. The van der Waals surface area contributed by atoms with Gasteiger partial charge in [-0.25, -0.2) is 4.68 Å². The van der Waals surface area contributed by atoms with E-state index in [0.717, 1.165) is 22.4 Å². The first-order chi connectivity index (χ1) is 14.2. The molecule has 1 N–H and O–H groups in total. The fourth-order valence-electron chi connectivity index (χ4n) is 3.23. The van der Waals surface area contributed by atoms with Gasteiger partial charge >= 0.3 is 0 Å². The Morgan fingerprint density at radius 3 is 2.21 bits per heavy atom.